The number of phenols is 1. The standard InChI is InChI=1S/C12H17NO2/c1-8(2)15-13-10(4)11-5-6-12(14)9(3)7-11/h5-8,14H,1-4H3. The van der Waals surface area contributed by atoms with Gasteiger partial charge in [0.25, 0.3) is 0 Å². The molecule has 0 saturated carbocycles. The van der Waals surface area contributed by atoms with Gasteiger partial charge in [0.1, 0.15) is 11.9 Å². The molecule has 0 aliphatic rings. The Hall–Kier alpha value is -1.51. The third kappa shape index (κ3) is 3.27. The summed E-state index contributed by atoms with van der Waals surface area (Å²) in [6.07, 6.45) is 0.0816. The second kappa shape index (κ2) is 4.82. The molecule has 0 saturated heterocycles. The average Bonchev–Trinajstić information content (AvgIpc) is 2.18. The van der Waals surface area contributed by atoms with Gasteiger partial charge in [-0.2, -0.15) is 0 Å². The summed E-state index contributed by atoms with van der Waals surface area (Å²) < 4.78 is 0. The van der Waals surface area contributed by atoms with Gasteiger partial charge >= 0.3 is 0 Å². The molecule has 0 aliphatic heterocycles. The highest BCUT2D eigenvalue weighted by molar-refractivity contribution is 5.98. The second-order valence-electron chi connectivity index (χ2n) is 3.83. The largest absolute Gasteiger partial charge is 0.508 e. The van der Waals surface area contributed by atoms with Crippen molar-refractivity contribution >= 4 is 5.71 Å². The van der Waals surface area contributed by atoms with Crippen molar-refractivity contribution in [2.45, 2.75) is 33.8 Å². The van der Waals surface area contributed by atoms with Gasteiger partial charge < -0.3 is 9.94 Å². The lowest BCUT2D eigenvalue weighted by molar-refractivity contribution is 0.0860. The van der Waals surface area contributed by atoms with Crippen LogP contribution in [-0.2, 0) is 4.84 Å². The number of benzene rings is 1. The summed E-state index contributed by atoms with van der Waals surface area (Å²) in [5, 5.41) is 13.4. The Bertz CT molecular complexity index is 370. The van der Waals surface area contributed by atoms with E-state index in [0.29, 0.717) is 5.75 Å². The van der Waals surface area contributed by atoms with Gasteiger partial charge in [0.15, 0.2) is 0 Å². The van der Waals surface area contributed by atoms with Gasteiger partial charge in [-0.1, -0.05) is 5.16 Å². The van der Waals surface area contributed by atoms with E-state index in [0.717, 1.165) is 16.8 Å². The first kappa shape index (κ1) is 11.6. The maximum Gasteiger partial charge on any atom is 0.122 e. The van der Waals surface area contributed by atoms with Gasteiger partial charge in [0.2, 0.25) is 0 Å². The number of phenolic OH excluding ortho intramolecular Hbond substituents is 1. The summed E-state index contributed by atoms with van der Waals surface area (Å²) in [6.45, 7) is 7.60. The van der Waals surface area contributed by atoms with Crippen LogP contribution >= 0.6 is 0 Å². The van der Waals surface area contributed by atoms with Crippen molar-refractivity contribution in [2.75, 3.05) is 0 Å². The molecule has 0 aromatic heterocycles. The fourth-order valence-corrected chi connectivity index (χ4v) is 1.12. The van der Waals surface area contributed by atoms with Crippen LogP contribution < -0.4 is 0 Å². The van der Waals surface area contributed by atoms with E-state index in [-0.39, 0.29) is 6.10 Å². The zero-order valence-electron chi connectivity index (χ0n) is 9.61. The maximum absolute atomic E-state index is 9.37. The van der Waals surface area contributed by atoms with Crippen molar-refractivity contribution in [2.24, 2.45) is 5.16 Å². The Balaban J connectivity index is 2.87. The van der Waals surface area contributed by atoms with Crippen molar-refractivity contribution in [1.82, 2.24) is 0 Å². The van der Waals surface area contributed by atoms with Crippen molar-refractivity contribution in [1.29, 1.82) is 0 Å². The molecule has 1 aromatic rings. The highest BCUT2D eigenvalue weighted by atomic mass is 16.6. The highest BCUT2D eigenvalue weighted by Crippen LogP contribution is 2.17. The molecule has 3 nitrogen and oxygen atoms in total. The number of aromatic hydroxyl groups is 1. The number of aryl methyl sites for hydroxylation is 1. The summed E-state index contributed by atoms with van der Waals surface area (Å²) in [5.41, 5.74) is 2.62. The average molecular weight is 207 g/mol. The number of hydrogen-bond donors (Lipinski definition) is 1. The van der Waals surface area contributed by atoms with Crippen LogP contribution in [0.15, 0.2) is 23.4 Å². The Morgan fingerprint density at radius 1 is 1.40 bits per heavy atom. The molecule has 0 amide bonds. The summed E-state index contributed by atoms with van der Waals surface area (Å²) in [6, 6.07) is 5.38. The first-order valence-corrected chi connectivity index (χ1v) is 5.01. The molecule has 82 valence electrons. The minimum absolute atomic E-state index is 0.0816. The monoisotopic (exact) mass is 207 g/mol. The summed E-state index contributed by atoms with van der Waals surface area (Å²) in [7, 11) is 0. The Morgan fingerprint density at radius 2 is 2.07 bits per heavy atom. The zero-order chi connectivity index (χ0) is 11.4. The van der Waals surface area contributed by atoms with Crippen molar-refractivity contribution in [3.05, 3.63) is 29.3 Å². The van der Waals surface area contributed by atoms with Crippen molar-refractivity contribution < 1.29 is 9.94 Å². The molecule has 0 spiro atoms. The van der Waals surface area contributed by atoms with Gasteiger partial charge in [-0.05, 0) is 57.0 Å². The molecular weight excluding hydrogens is 190 g/mol. The predicted octanol–water partition coefficient (Wildman–Crippen LogP) is 2.85. The lowest BCUT2D eigenvalue weighted by Crippen LogP contribution is -2.01. The minimum atomic E-state index is 0.0816. The predicted molar refractivity (Wildman–Crippen MR) is 61.3 cm³/mol. The van der Waals surface area contributed by atoms with Crippen LogP contribution in [0, 0.1) is 6.92 Å². The molecule has 15 heavy (non-hydrogen) atoms. The van der Waals surface area contributed by atoms with E-state index in [4.69, 9.17) is 4.84 Å². The molecule has 0 bridgehead atoms. The molecule has 1 aromatic carbocycles. The van der Waals surface area contributed by atoms with Gasteiger partial charge in [-0.3, -0.25) is 0 Å². The van der Waals surface area contributed by atoms with Crippen LogP contribution in [0.2, 0.25) is 0 Å². The van der Waals surface area contributed by atoms with Crippen molar-refractivity contribution in [3.63, 3.8) is 0 Å². The minimum Gasteiger partial charge on any atom is -0.508 e. The third-order valence-corrected chi connectivity index (χ3v) is 2.02. The van der Waals surface area contributed by atoms with Crippen LogP contribution in [-0.4, -0.2) is 16.9 Å². The lowest BCUT2D eigenvalue weighted by Gasteiger charge is -2.06. The van der Waals surface area contributed by atoms with Crippen LogP contribution in [0.5, 0.6) is 5.75 Å². The second-order valence-corrected chi connectivity index (χ2v) is 3.83. The van der Waals surface area contributed by atoms with Gasteiger partial charge in [-0.25, -0.2) is 0 Å². The fourth-order valence-electron chi connectivity index (χ4n) is 1.12. The number of oxime groups is 1. The number of rotatable bonds is 3. The Labute approximate surface area is 90.4 Å². The molecule has 0 heterocycles. The zero-order valence-corrected chi connectivity index (χ0v) is 9.61. The van der Waals surface area contributed by atoms with E-state index in [9.17, 15) is 5.11 Å². The van der Waals surface area contributed by atoms with Gasteiger partial charge in [0, 0.05) is 0 Å². The van der Waals surface area contributed by atoms with Gasteiger partial charge in [-0.15, -0.1) is 0 Å². The normalized spacial score (nSPS) is 11.9. The maximum atomic E-state index is 9.37. The fraction of sp³-hybridized carbons (Fsp3) is 0.417. The number of hydrogen-bond acceptors (Lipinski definition) is 3. The Kier molecular flexibility index (Phi) is 3.72. The highest BCUT2D eigenvalue weighted by Gasteiger charge is 2.02. The molecule has 0 aliphatic carbocycles. The number of nitrogens with zero attached hydrogens (tertiary/aromatic N) is 1. The molecule has 0 fully saturated rings. The van der Waals surface area contributed by atoms with E-state index in [1.807, 2.05) is 39.8 Å². The summed E-state index contributed by atoms with van der Waals surface area (Å²) >= 11 is 0. The van der Waals surface area contributed by atoms with E-state index >= 15 is 0 Å². The quantitative estimate of drug-likeness (QED) is 0.611. The summed E-state index contributed by atoms with van der Waals surface area (Å²) in [5.74, 6) is 0.302. The van der Waals surface area contributed by atoms with E-state index < -0.39 is 0 Å². The van der Waals surface area contributed by atoms with Gasteiger partial charge in [0.05, 0.1) is 5.71 Å². The topological polar surface area (TPSA) is 41.8 Å². The third-order valence-electron chi connectivity index (χ3n) is 2.02. The Morgan fingerprint density at radius 3 is 2.60 bits per heavy atom. The van der Waals surface area contributed by atoms with E-state index in [1.165, 1.54) is 0 Å². The molecule has 3 heteroatoms. The SMILES string of the molecule is CC(=NOC(C)C)c1ccc(O)c(C)c1. The molecule has 0 unspecified atom stereocenters. The lowest BCUT2D eigenvalue weighted by atomic mass is 10.1. The van der Waals surface area contributed by atoms with E-state index in [2.05, 4.69) is 5.16 Å². The molecule has 0 radical (unpaired) electrons. The van der Waals surface area contributed by atoms with Crippen LogP contribution in [0.4, 0.5) is 0 Å². The summed E-state index contributed by atoms with van der Waals surface area (Å²) in [4.78, 5) is 5.15. The molecule has 1 N–H and O–H groups in total. The smallest absolute Gasteiger partial charge is 0.122 e. The van der Waals surface area contributed by atoms with Crippen LogP contribution in [0.1, 0.15) is 31.9 Å². The first-order valence-electron chi connectivity index (χ1n) is 5.01. The molecular formula is C12H17NO2. The van der Waals surface area contributed by atoms with Crippen LogP contribution in [0.3, 0.4) is 0 Å². The van der Waals surface area contributed by atoms with Crippen molar-refractivity contribution in [3.8, 4) is 5.75 Å². The molecule has 0 atom stereocenters. The van der Waals surface area contributed by atoms with Crippen LogP contribution in [0.25, 0.3) is 0 Å². The van der Waals surface area contributed by atoms with E-state index in [1.54, 1.807) is 6.07 Å². The molecule has 1 rings (SSSR count). The first-order chi connectivity index (χ1) is 7.00.